The van der Waals surface area contributed by atoms with Crippen molar-refractivity contribution in [1.29, 1.82) is 5.26 Å². The van der Waals surface area contributed by atoms with E-state index in [0.717, 1.165) is 50.8 Å². The fourth-order valence-electron chi connectivity index (χ4n) is 8.88. The van der Waals surface area contributed by atoms with Gasteiger partial charge in [0.05, 0.1) is 29.5 Å². The van der Waals surface area contributed by atoms with Gasteiger partial charge in [-0.2, -0.15) is 15.2 Å². The number of anilines is 1. The Labute approximate surface area is 308 Å². The molecule has 6 heterocycles. The second-order valence-corrected chi connectivity index (χ2v) is 15.8. The summed E-state index contributed by atoms with van der Waals surface area (Å²) in [6, 6.07) is 7.97. The van der Waals surface area contributed by atoms with E-state index in [2.05, 4.69) is 39.7 Å². The Morgan fingerprint density at radius 3 is 2.77 bits per heavy atom. The predicted octanol–water partition coefficient (Wildman–Crippen LogP) is 6.29. The first-order valence-electron chi connectivity index (χ1n) is 18.7. The van der Waals surface area contributed by atoms with Crippen LogP contribution in [-0.2, 0) is 4.79 Å². The molecule has 5 fully saturated rings. The first-order chi connectivity index (χ1) is 25.2. The number of piperazine rings is 1. The molecule has 3 aromatic rings. The maximum absolute atomic E-state index is 16.9. The molecule has 5 aliphatic rings. The van der Waals surface area contributed by atoms with Crippen LogP contribution in [-0.4, -0.2) is 111 Å². The first-order valence-corrected chi connectivity index (χ1v) is 19.1. The lowest BCUT2D eigenvalue weighted by molar-refractivity contribution is -0.128. The molecule has 0 unspecified atom stereocenters. The Kier molecular flexibility index (Phi) is 9.55. The SMILES string of the molecule is CC(C)N1CC[C@@H]1/C=C/C(=O)N1CCN(c2nc(OC[C@@]34CCCN3C[C@H](F)C4)nc3c(F)c(-c4cccc(Cl)c4C4CC4)ncc23)C[C@@H]1CC#N. The van der Waals surface area contributed by atoms with Crippen LogP contribution in [0.4, 0.5) is 14.6 Å². The minimum atomic E-state index is -0.921. The molecule has 1 amide bonds. The zero-order valence-corrected chi connectivity index (χ0v) is 30.5. The van der Waals surface area contributed by atoms with E-state index in [1.165, 1.54) is 0 Å². The Hall–Kier alpha value is -3.92. The highest BCUT2D eigenvalue weighted by atomic mass is 35.5. The molecule has 8 rings (SSSR count). The molecule has 13 heteroatoms. The lowest BCUT2D eigenvalue weighted by atomic mass is 9.95. The number of amides is 1. The van der Waals surface area contributed by atoms with Crippen molar-refractivity contribution < 1.29 is 18.3 Å². The number of benzene rings is 1. The highest BCUT2D eigenvalue weighted by Crippen LogP contribution is 2.48. The quantitative estimate of drug-likeness (QED) is 0.223. The predicted molar refractivity (Wildman–Crippen MR) is 196 cm³/mol. The van der Waals surface area contributed by atoms with Gasteiger partial charge in [-0.25, -0.2) is 8.78 Å². The summed E-state index contributed by atoms with van der Waals surface area (Å²) in [6.07, 6.45) is 9.57. The summed E-state index contributed by atoms with van der Waals surface area (Å²) in [7, 11) is 0. The van der Waals surface area contributed by atoms with Crippen LogP contribution in [0.15, 0.2) is 36.5 Å². The van der Waals surface area contributed by atoms with Gasteiger partial charge in [-0.05, 0) is 70.0 Å². The highest BCUT2D eigenvalue weighted by molar-refractivity contribution is 6.32. The molecule has 4 aliphatic heterocycles. The van der Waals surface area contributed by atoms with Gasteiger partial charge in [0.25, 0.3) is 0 Å². The number of nitrogens with zero attached hydrogens (tertiary/aromatic N) is 8. The number of ether oxygens (including phenoxy) is 1. The molecule has 0 N–H and O–H groups in total. The third-order valence-electron chi connectivity index (χ3n) is 11.8. The van der Waals surface area contributed by atoms with Crippen molar-refractivity contribution in [3.05, 3.63) is 53.0 Å². The minimum Gasteiger partial charge on any atom is -0.461 e. The second kappa shape index (κ2) is 14.1. The zero-order chi connectivity index (χ0) is 36.1. The van der Waals surface area contributed by atoms with E-state index >= 15 is 4.39 Å². The normalized spacial score (nSPS) is 26.7. The molecule has 52 heavy (non-hydrogen) atoms. The van der Waals surface area contributed by atoms with Crippen LogP contribution >= 0.6 is 11.6 Å². The number of halogens is 3. The number of carbonyl (C=O) groups excluding carboxylic acids is 1. The fourth-order valence-corrected chi connectivity index (χ4v) is 9.20. The number of hydrogen-bond donors (Lipinski definition) is 0. The number of hydrogen-bond acceptors (Lipinski definition) is 9. The lowest BCUT2D eigenvalue weighted by Gasteiger charge is -2.43. The molecule has 4 atom stereocenters. The number of aromatic nitrogens is 3. The third-order valence-corrected chi connectivity index (χ3v) is 12.1. The molecule has 0 spiro atoms. The summed E-state index contributed by atoms with van der Waals surface area (Å²) >= 11 is 6.64. The van der Waals surface area contributed by atoms with Crippen molar-refractivity contribution >= 4 is 34.2 Å². The number of rotatable bonds is 10. The van der Waals surface area contributed by atoms with Gasteiger partial charge in [0, 0.05) is 74.1 Å². The van der Waals surface area contributed by atoms with Crippen molar-refractivity contribution in [3.63, 3.8) is 0 Å². The second-order valence-electron chi connectivity index (χ2n) is 15.4. The smallest absolute Gasteiger partial charge is 0.319 e. The Balaban J connectivity index is 1.13. The van der Waals surface area contributed by atoms with E-state index in [1.807, 2.05) is 23.1 Å². The average Bonchev–Trinajstić information content (AvgIpc) is 3.79. The van der Waals surface area contributed by atoms with Crippen molar-refractivity contribution in [3.8, 4) is 23.3 Å². The van der Waals surface area contributed by atoms with E-state index in [-0.39, 0.29) is 48.1 Å². The molecular formula is C39H45ClF2N8O2. The molecule has 274 valence electrons. The molecule has 0 radical (unpaired) electrons. The van der Waals surface area contributed by atoms with Gasteiger partial charge >= 0.3 is 6.01 Å². The van der Waals surface area contributed by atoms with E-state index in [1.54, 1.807) is 23.2 Å². The van der Waals surface area contributed by atoms with E-state index < -0.39 is 23.6 Å². The van der Waals surface area contributed by atoms with Crippen molar-refractivity contribution in [2.45, 2.75) is 94.5 Å². The largest absolute Gasteiger partial charge is 0.461 e. The van der Waals surface area contributed by atoms with Crippen LogP contribution < -0.4 is 9.64 Å². The topological polar surface area (TPSA) is 102 Å². The van der Waals surface area contributed by atoms with Crippen LogP contribution in [0.3, 0.4) is 0 Å². The van der Waals surface area contributed by atoms with Gasteiger partial charge in [-0.3, -0.25) is 19.6 Å². The van der Waals surface area contributed by atoms with Crippen LogP contribution in [0, 0.1) is 17.1 Å². The molecule has 4 saturated heterocycles. The fraction of sp³-hybridized carbons (Fsp3) is 0.564. The number of nitriles is 1. The Morgan fingerprint density at radius 1 is 1.17 bits per heavy atom. The average molecular weight is 731 g/mol. The summed E-state index contributed by atoms with van der Waals surface area (Å²) in [5.74, 6) is -0.0387. The van der Waals surface area contributed by atoms with Gasteiger partial charge in [-0.1, -0.05) is 29.8 Å². The van der Waals surface area contributed by atoms with Crippen molar-refractivity contribution in [2.75, 3.05) is 50.8 Å². The highest BCUT2D eigenvalue weighted by Gasteiger charge is 2.49. The summed E-state index contributed by atoms with van der Waals surface area (Å²) < 4.78 is 37.8. The third kappa shape index (κ3) is 6.49. The van der Waals surface area contributed by atoms with Gasteiger partial charge in [0.1, 0.15) is 29.8 Å². The van der Waals surface area contributed by atoms with Gasteiger partial charge in [-0.15, -0.1) is 0 Å². The van der Waals surface area contributed by atoms with Crippen LogP contribution in [0.25, 0.3) is 22.2 Å². The molecule has 2 aromatic heterocycles. The Morgan fingerprint density at radius 2 is 2.02 bits per heavy atom. The standard InChI is InChI=1S/C39H45ClF2N8O2/c1-24(2)49-16-12-27(49)9-10-32(51)50-18-17-47(22-28(50)11-14-43)37-30-20-44-35(29-5-3-6-31(40)33(29)25-7-8-25)34(42)36(30)45-38(46-37)52-23-39-13-4-15-48(39)21-26(41)19-39/h3,5-6,9-10,20,24-28H,4,7-8,11-13,15-19,21-23H2,1-2H3/b10-9+/t26-,27+,28+,39+/m1/s1. The molecule has 1 aliphatic carbocycles. The van der Waals surface area contributed by atoms with Gasteiger partial charge in [0.2, 0.25) is 5.91 Å². The molecular weight excluding hydrogens is 686 g/mol. The Bertz CT molecular complexity index is 1930. The summed E-state index contributed by atoms with van der Waals surface area (Å²) in [4.78, 5) is 35.9. The summed E-state index contributed by atoms with van der Waals surface area (Å²) in [5.41, 5.74) is 1.33. The van der Waals surface area contributed by atoms with Crippen molar-refractivity contribution in [1.82, 2.24) is 29.7 Å². The lowest BCUT2D eigenvalue weighted by Crippen LogP contribution is -2.55. The number of pyridine rings is 1. The van der Waals surface area contributed by atoms with Crippen LogP contribution in [0.5, 0.6) is 6.01 Å². The van der Waals surface area contributed by atoms with Gasteiger partial charge < -0.3 is 14.5 Å². The number of carbonyl (C=O) groups is 1. The van der Waals surface area contributed by atoms with Gasteiger partial charge in [0.15, 0.2) is 5.82 Å². The molecule has 1 saturated carbocycles. The number of alkyl halides is 1. The molecule has 0 bridgehead atoms. The minimum absolute atomic E-state index is 0.00377. The maximum atomic E-state index is 16.9. The van der Waals surface area contributed by atoms with Crippen molar-refractivity contribution in [2.24, 2.45) is 0 Å². The maximum Gasteiger partial charge on any atom is 0.319 e. The molecule has 10 nitrogen and oxygen atoms in total. The van der Waals surface area contributed by atoms with E-state index in [9.17, 15) is 14.4 Å². The summed E-state index contributed by atoms with van der Waals surface area (Å²) in [6.45, 7) is 7.78. The first kappa shape index (κ1) is 35.1. The molecule has 1 aromatic carbocycles. The van der Waals surface area contributed by atoms with Crippen LogP contribution in [0.2, 0.25) is 5.02 Å². The summed E-state index contributed by atoms with van der Waals surface area (Å²) in [5, 5.41) is 10.8. The van der Waals surface area contributed by atoms with Crippen LogP contribution in [0.1, 0.15) is 70.3 Å². The zero-order valence-electron chi connectivity index (χ0n) is 29.8. The number of likely N-dealkylation sites (tertiary alicyclic amines) is 1. The number of fused-ring (bicyclic) bond motifs is 2. The van der Waals surface area contributed by atoms with E-state index in [0.29, 0.717) is 60.4 Å². The monoisotopic (exact) mass is 730 g/mol. The van der Waals surface area contributed by atoms with E-state index in [4.69, 9.17) is 21.3 Å².